The molecule has 3 rings (SSSR count). The first-order valence-electron chi connectivity index (χ1n) is 10.9. The van der Waals surface area contributed by atoms with Gasteiger partial charge in [-0.15, -0.1) is 0 Å². The highest BCUT2D eigenvalue weighted by Gasteiger charge is 2.37. The quantitative estimate of drug-likeness (QED) is 0.480. The van der Waals surface area contributed by atoms with Crippen LogP contribution >= 0.6 is 0 Å². The number of carbonyl (C=O) groups is 1. The van der Waals surface area contributed by atoms with Gasteiger partial charge in [-0.05, 0) is 60.1 Å². The Balaban J connectivity index is 2.03. The van der Waals surface area contributed by atoms with Crippen molar-refractivity contribution in [1.29, 1.82) is 0 Å². The van der Waals surface area contributed by atoms with Gasteiger partial charge in [-0.25, -0.2) is 13.2 Å². The van der Waals surface area contributed by atoms with Crippen LogP contribution in [-0.2, 0) is 38.6 Å². The normalized spacial score (nSPS) is 17.2. The Morgan fingerprint density at radius 1 is 1.29 bits per heavy atom. The zero-order valence-electron chi connectivity index (χ0n) is 19.2. The van der Waals surface area contributed by atoms with E-state index in [2.05, 4.69) is 0 Å². The minimum Gasteiger partial charge on any atom is -0.611 e. The lowest BCUT2D eigenvalue weighted by atomic mass is 9.87. The Bertz CT molecular complexity index is 1190. The van der Waals surface area contributed by atoms with Crippen molar-refractivity contribution in [2.75, 3.05) is 19.4 Å². The molecule has 192 valence electrons. The maximum Gasteiger partial charge on any atom is 0.416 e. The van der Waals surface area contributed by atoms with Gasteiger partial charge in [0.25, 0.3) is 0 Å². The Morgan fingerprint density at radius 2 is 2.00 bits per heavy atom. The van der Waals surface area contributed by atoms with Crippen LogP contribution in [0.4, 0.5) is 13.2 Å². The molecule has 0 aliphatic heterocycles. The molecule has 2 atom stereocenters. The minimum absolute atomic E-state index is 0.103. The zero-order valence-corrected chi connectivity index (χ0v) is 20.8. The van der Waals surface area contributed by atoms with Crippen LogP contribution in [0.5, 0.6) is 5.75 Å². The third kappa shape index (κ3) is 6.11. The highest BCUT2D eigenvalue weighted by atomic mass is 32.2. The molecular formula is C23H26F3NO6S2. The van der Waals surface area contributed by atoms with Crippen molar-refractivity contribution < 1.29 is 40.8 Å². The number of ether oxygens (including phenoxy) is 1. The van der Waals surface area contributed by atoms with Gasteiger partial charge in [0.05, 0.1) is 16.5 Å². The van der Waals surface area contributed by atoms with E-state index in [4.69, 9.17) is 9.84 Å². The van der Waals surface area contributed by atoms with Crippen LogP contribution in [0.3, 0.4) is 0 Å². The van der Waals surface area contributed by atoms with Gasteiger partial charge in [0, 0.05) is 19.2 Å². The minimum atomic E-state index is -4.82. The topological polar surface area (TPSA) is 107 Å². The number of hydrogen-bond acceptors (Lipinski definition) is 5. The summed E-state index contributed by atoms with van der Waals surface area (Å²) in [6.45, 7) is 1.17. The van der Waals surface area contributed by atoms with Crippen molar-refractivity contribution >= 4 is 27.2 Å². The molecule has 1 N–H and O–H groups in total. The first kappa shape index (κ1) is 27.3. The van der Waals surface area contributed by atoms with Crippen LogP contribution in [-0.4, -0.2) is 47.8 Å². The monoisotopic (exact) mass is 533 g/mol. The largest absolute Gasteiger partial charge is 0.611 e. The van der Waals surface area contributed by atoms with E-state index in [0.29, 0.717) is 48.6 Å². The number of fused-ring (bicyclic) bond motifs is 1. The number of halogens is 3. The molecule has 0 saturated heterocycles. The maximum atomic E-state index is 13.5. The number of alkyl halides is 3. The Hall–Kier alpha value is -2.28. The summed E-state index contributed by atoms with van der Waals surface area (Å²) >= 11 is -1.78. The molecule has 0 bridgehead atoms. The van der Waals surface area contributed by atoms with Crippen molar-refractivity contribution in [2.24, 2.45) is 0 Å². The predicted octanol–water partition coefficient (Wildman–Crippen LogP) is 4.38. The van der Waals surface area contributed by atoms with Crippen molar-refractivity contribution in [3.63, 3.8) is 0 Å². The summed E-state index contributed by atoms with van der Waals surface area (Å²) in [5, 5.41) is 8.91. The van der Waals surface area contributed by atoms with Crippen molar-refractivity contribution in [3.05, 3.63) is 53.1 Å². The number of rotatable bonds is 9. The van der Waals surface area contributed by atoms with Gasteiger partial charge in [0.2, 0.25) is 10.0 Å². The molecule has 1 unspecified atom stereocenters. The fourth-order valence-corrected chi connectivity index (χ4v) is 6.73. The summed E-state index contributed by atoms with van der Waals surface area (Å²) in [7, 11) is -3.12. The van der Waals surface area contributed by atoms with E-state index in [1.807, 2.05) is 0 Å². The van der Waals surface area contributed by atoms with E-state index in [-0.39, 0.29) is 10.6 Å². The molecule has 12 heteroatoms. The number of benzene rings is 2. The number of hydrogen-bond donors (Lipinski definition) is 1. The van der Waals surface area contributed by atoms with Gasteiger partial charge in [-0.2, -0.15) is 17.5 Å². The summed E-state index contributed by atoms with van der Waals surface area (Å²) in [5.41, 5.74) is 0.0904. The number of sulfonamides is 1. The first-order valence-corrected chi connectivity index (χ1v) is 13.7. The molecule has 0 fully saturated rings. The van der Waals surface area contributed by atoms with Crippen LogP contribution in [0.25, 0.3) is 0 Å². The predicted molar refractivity (Wildman–Crippen MR) is 123 cm³/mol. The highest BCUT2D eigenvalue weighted by molar-refractivity contribution is 7.91. The summed E-state index contributed by atoms with van der Waals surface area (Å²) in [5.74, 6) is -0.724. The lowest BCUT2D eigenvalue weighted by molar-refractivity contribution is -0.139. The van der Waals surface area contributed by atoms with Crippen molar-refractivity contribution in [2.45, 2.75) is 54.6 Å². The molecule has 0 saturated carbocycles. The lowest BCUT2D eigenvalue weighted by Crippen LogP contribution is -2.34. The maximum absolute atomic E-state index is 13.5. The third-order valence-electron chi connectivity index (χ3n) is 5.76. The van der Waals surface area contributed by atoms with E-state index in [1.165, 1.54) is 7.05 Å². The third-order valence-corrected chi connectivity index (χ3v) is 9.14. The Labute approximate surface area is 205 Å². The van der Waals surface area contributed by atoms with E-state index in [9.17, 15) is 30.9 Å². The van der Waals surface area contributed by atoms with Crippen molar-refractivity contribution in [1.82, 2.24) is 4.31 Å². The Kier molecular flexibility index (Phi) is 8.40. The van der Waals surface area contributed by atoms with Gasteiger partial charge >= 0.3 is 12.1 Å². The second kappa shape index (κ2) is 10.8. The van der Waals surface area contributed by atoms with Crippen LogP contribution in [0.1, 0.15) is 48.9 Å². The molecule has 0 aromatic heterocycles. The SMILES string of the molecule is CCC[S+]([O-])c1cc(C(F)(F)F)cc(S(=O)(=O)N(C)[C@@H]2CCCc3c(OCC(=O)O)cccc32)c1. The molecule has 2 aromatic rings. The van der Waals surface area contributed by atoms with Gasteiger partial charge in [-0.3, -0.25) is 0 Å². The second-order valence-corrected chi connectivity index (χ2v) is 11.7. The molecule has 0 radical (unpaired) electrons. The molecule has 0 heterocycles. The number of nitrogens with zero attached hydrogens (tertiary/aromatic N) is 1. The molecule has 7 nitrogen and oxygen atoms in total. The summed E-state index contributed by atoms with van der Waals surface area (Å²) in [4.78, 5) is 10.1. The highest BCUT2D eigenvalue weighted by Crippen LogP contribution is 2.41. The van der Waals surface area contributed by atoms with Gasteiger partial charge in [0.15, 0.2) is 11.5 Å². The molecule has 0 amide bonds. The van der Waals surface area contributed by atoms with Gasteiger partial charge < -0.3 is 14.4 Å². The zero-order chi connectivity index (χ0) is 26.0. The summed E-state index contributed by atoms with van der Waals surface area (Å²) < 4.78 is 86.5. The summed E-state index contributed by atoms with van der Waals surface area (Å²) in [6.07, 6.45) is -2.84. The second-order valence-electron chi connectivity index (χ2n) is 8.18. The number of carboxylic acid groups (broad SMARTS) is 1. The average molecular weight is 534 g/mol. The van der Waals surface area contributed by atoms with E-state index in [1.54, 1.807) is 25.1 Å². The van der Waals surface area contributed by atoms with Gasteiger partial charge in [-0.1, -0.05) is 19.1 Å². The standard InChI is InChI=1S/C23H26F3NO6S2/c1-3-10-34(30)16-11-15(23(24,25)26)12-17(13-16)35(31,32)27(2)20-8-4-7-19-18(20)6-5-9-21(19)33-14-22(28)29/h5-6,9,11-13,20H,3-4,7-8,10,14H2,1-2H3,(H,28,29)/t20-,34?/m1/s1. The first-order chi connectivity index (χ1) is 16.4. The van der Waals surface area contributed by atoms with E-state index in [0.717, 1.165) is 16.4 Å². The van der Waals surface area contributed by atoms with Crippen LogP contribution in [0.15, 0.2) is 46.2 Å². The molecule has 35 heavy (non-hydrogen) atoms. The van der Waals surface area contributed by atoms with Crippen molar-refractivity contribution in [3.8, 4) is 5.75 Å². The van der Waals surface area contributed by atoms with Crippen LogP contribution < -0.4 is 4.74 Å². The van der Waals surface area contributed by atoms with Crippen LogP contribution in [0, 0.1) is 0 Å². The number of aliphatic carboxylic acids is 1. The molecule has 2 aromatic carbocycles. The van der Waals surface area contributed by atoms with E-state index >= 15 is 0 Å². The van der Waals surface area contributed by atoms with E-state index < -0.39 is 56.5 Å². The molecule has 1 aliphatic carbocycles. The molecular weight excluding hydrogens is 507 g/mol. The average Bonchev–Trinajstić information content (AvgIpc) is 2.81. The fourth-order valence-electron chi connectivity index (χ4n) is 4.10. The lowest BCUT2D eigenvalue weighted by Gasteiger charge is -2.33. The van der Waals surface area contributed by atoms with Crippen LogP contribution in [0.2, 0.25) is 0 Å². The van der Waals surface area contributed by atoms with Gasteiger partial charge in [0.1, 0.15) is 11.5 Å². The molecule has 1 aliphatic rings. The molecule has 0 spiro atoms. The smallest absolute Gasteiger partial charge is 0.416 e. The Morgan fingerprint density at radius 3 is 2.63 bits per heavy atom. The number of carboxylic acids is 1. The summed E-state index contributed by atoms with van der Waals surface area (Å²) in [6, 6.07) is 6.55. The fraction of sp³-hybridized carbons (Fsp3) is 0.435.